The van der Waals surface area contributed by atoms with Gasteiger partial charge in [-0.05, 0) is 37.3 Å². The molecule has 1 aliphatic heterocycles. The summed E-state index contributed by atoms with van der Waals surface area (Å²) in [7, 11) is 0. The van der Waals surface area contributed by atoms with Crippen LogP contribution in [0.25, 0.3) is 10.2 Å². The SMILES string of the molecule is CSCCCNC(=O)c1sc2ncnc(NC3CCOC3)c2c1C. The van der Waals surface area contributed by atoms with Crippen LogP contribution in [0.5, 0.6) is 0 Å². The second kappa shape index (κ2) is 8.13. The Labute approximate surface area is 149 Å². The molecule has 0 radical (unpaired) electrons. The van der Waals surface area contributed by atoms with Crippen molar-refractivity contribution in [3.05, 3.63) is 16.8 Å². The highest BCUT2D eigenvalue weighted by Gasteiger charge is 2.22. The largest absolute Gasteiger partial charge is 0.379 e. The van der Waals surface area contributed by atoms with E-state index in [2.05, 4.69) is 26.9 Å². The van der Waals surface area contributed by atoms with Crippen LogP contribution in [-0.4, -0.2) is 53.7 Å². The quantitative estimate of drug-likeness (QED) is 0.734. The van der Waals surface area contributed by atoms with Crippen molar-refractivity contribution in [2.45, 2.75) is 25.8 Å². The molecule has 2 aromatic rings. The number of nitrogens with zero attached hydrogens (tertiary/aromatic N) is 2. The monoisotopic (exact) mass is 366 g/mol. The van der Waals surface area contributed by atoms with Crippen LogP contribution in [-0.2, 0) is 4.74 Å². The van der Waals surface area contributed by atoms with Gasteiger partial charge in [-0.3, -0.25) is 4.79 Å². The highest BCUT2D eigenvalue weighted by Crippen LogP contribution is 2.33. The Kier molecular flexibility index (Phi) is 5.91. The molecule has 3 rings (SSSR count). The number of carbonyl (C=O) groups is 1. The fourth-order valence-corrected chi connectivity index (χ4v) is 4.24. The van der Waals surface area contributed by atoms with Crippen LogP contribution in [0, 0.1) is 6.92 Å². The normalized spacial score (nSPS) is 17.3. The van der Waals surface area contributed by atoms with Crippen LogP contribution >= 0.6 is 23.1 Å². The molecule has 0 bridgehead atoms. The summed E-state index contributed by atoms with van der Waals surface area (Å²) in [5.74, 6) is 1.83. The van der Waals surface area contributed by atoms with Crippen molar-refractivity contribution in [3.8, 4) is 0 Å². The fraction of sp³-hybridized carbons (Fsp3) is 0.562. The Hall–Kier alpha value is -1.38. The van der Waals surface area contributed by atoms with Gasteiger partial charge >= 0.3 is 0 Å². The summed E-state index contributed by atoms with van der Waals surface area (Å²) in [6.07, 6.45) is 5.57. The minimum absolute atomic E-state index is 0.0215. The van der Waals surface area contributed by atoms with E-state index >= 15 is 0 Å². The zero-order chi connectivity index (χ0) is 16.9. The summed E-state index contributed by atoms with van der Waals surface area (Å²) < 4.78 is 5.41. The number of anilines is 1. The molecule has 1 aliphatic rings. The third-order valence-corrected chi connectivity index (χ3v) is 5.91. The Morgan fingerprint density at radius 3 is 3.12 bits per heavy atom. The number of carbonyl (C=O) groups excluding carboxylic acids is 1. The molecule has 130 valence electrons. The van der Waals surface area contributed by atoms with Crippen molar-refractivity contribution in [1.29, 1.82) is 0 Å². The molecule has 24 heavy (non-hydrogen) atoms. The molecule has 3 heterocycles. The first-order chi connectivity index (χ1) is 11.7. The number of rotatable bonds is 7. The van der Waals surface area contributed by atoms with Crippen LogP contribution in [0.1, 0.15) is 28.1 Å². The third-order valence-electron chi connectivity index (χ3n) is 4.01. The van der Waals surface area contributed by atoms with Crippen molar-refractivity contribution >= 4 is 45.0 Å². The molecule has 0 aliphatic carbocycles. The van der Waals surface area contributed by atoms with Gasteiger partial charge in [-0.2, -0.15) is 11.8 Å². The Balaban J connectivity index is 1.80. The molecule has 2 aromatic heterocycles. The molecule has 2 N–H and O–H groups in total. The second-order valence-electron chi connectivity index (χ2n) is 5.77. The molecule has 0 spiro atoms. The predicted octanol–water partition coefficient (Wildman–Crippen LogP) is 2.68. The Morgan fingerprint density at radius 2 is 2.38 bits per heavy atom. The minimum atomic E-state index is -0.0215. The Morgan fingerprint density at radius 1 is 1.50 bits per heavy atom. The Bertz CT molecular complexity index is 713. The number of thioether (sulfide) groups is 1. The lowest BCUT2D eigenvalue weighted by Gasteiger charge is -2.12. The van der Waals surface area contributed by atoms with E-state index in [1.807, 2.05) is 6.92 Å². The highest BCUT2D eigenvalue weighted by molar-refractivity contribution is 7.98. The summed E-state index contributed by atoms with van der Waals surface area (Å²) in [6.45, 7) is 4.13. The summed E-state index contributed by atoms with van der Waals surface area (Å²) >= 11 is 3.22. The molecule has 0 aromatic carbocycles. The van der Waals surface area contributed by atoms with Gasteiger partial charge in [-0.15, -0.1) is 11.3 Å². The standard InChI is InChI=1S/C16H22N4O2S2/c1-10-12-14(20-11-4-6-22-8-11)18-9-19-16(12)24-13(10)15(21)17-5-3-7-23-2/h9,11H,3-8H2,1-2H3,(H,17,21)(H,18,19,20). The predicted molar refractivity (Wildman–Crippen MR) is 100 cm³/mol. The summed E-state index contributed by atoms with van der Waals surface area (Å²) in [4.78, 5) is 22.8. The second-order valence-corrected chi connectivity index (χ2v) is 7.75. The number of aryl methyl sites for hydroxylation is 1. The molecular formula is C16H22N4O2S2. The molecular weight excluding hydrogens is 344 g/mol. The van der Waals surface area contributed by atoms with Crippen molar-refractivity contribution in [2.24, 2.45) is 0 Å². The molecule has 1 unspecified atom stereocenters. The van der Waals surface area contributed by atoms with Crippen molar-refractivity contribution < 1.29 is 9.53 Å². The smallest absolute Gasteiger partial charge is 0.261 e. The first-order valence-corrected chi connectivity index (χ1v) is 10.3. The maximum Gasteiger partial charge on any atom is 0.261 e. The van der Waals surface area contributed by atoms with Gasteiger partial charge in [0.05, 0.1) is 22.9 Å². The van der Waals surface area contributed by atoms with Crippen molar-refractivity contribution in [2.75, 3.05) is 37.1 Å². The van der Waals surface area contributed by atoms with Crippen LogP contribution in [0.4, 0.5) is 5.82 Å². The van der Waals surface area contributed by atoms with Gasteiger partial charge in [-0.25, -0.2) is 9.97 Å². The van der Waals surface area contributed by atoms with E-state index in [1.54, 1.807) is 18.1 Å². The molecule has 1 amide bonds. The van der Waals surface area contributed by atoms with E-state index in [0.29, 0.717) is 13.2 Å². The van der Waals surface area contributed by atoms with Crippen molar-refractivity contribution in [1.82, 2.24) is 15.3 Å². The summed E-state index contributed by atoms with van der Waals surface area (Å²) in [5, 5.41) is 7.38. The van der Waals surface area contributed by atoms with E-state index in [1.165, 1.54) is 11.3 Å². The zero-order valence-electron chi connectivity index (χ0n) is 13.9. The first-order valence-electron chi connectivity index (χ1n) is 8.06. The lowest BCUT2D eigenvalue weighted by Crippen LogP contribution is -2.24. The fourth-order valence-electron chi connectivity index (χ4n) is 2.74. The average Bonchev–Trinajstić information content (AvgIpc) is 3.20. The zero-order valence-corrected chi connectivity index (χ0v) is 15.6. The number of fused-ring (bicyclic) bond motifs is 1. The molecule has 8 heteroatoms. The van der Waals surface area contributed by atoms with E-state index < -0.39 is 0 Å². The number of hydrogen-bond acceptors (Lipinski definition) is 7. The molecule has 1 atom stereocenters. The van der Waals surface area contributed by atoms with Crippen LogP contribution in [0.2, 0.25) is 0 Å². The maximum atomic E-state index is 12.5. The first kappa shape index (κ1) is 17.4. The number of nitrogens with one attached hydrogen (secondary N) is 2. The van der Waals surface area contributed by atoms with Gasteiger partial charge in [0, 0.05) is 13.2 Å². The number of aromatic nitrogens is 2. The van der Waals surface area contributed by atoms with Crippen molar-refractivity contribution in [3.63, 3.8) is 0 Å². The lowest BCUT2D eigenvalue weighted by molar-refractivity contribution is 0.0957. The van der Waals surface area contributed by atoms with Gasteiger partial charge in [0.15, 0.2) is 0 Å². The van der Waals surface area contributed by atoms with Crippen LogP contribution < -0.4 is 10.6 Å². The number of amides is 1. The number of hydrogen-bond donors (Lipinski definition) is 2. The molecule has 1 fully saturated rings. The maximum absolute atomic E-state index is 12.5. The number of ether oxygens (including phenoxy) is 1. The average molecular weight is 367 g/mol. The van der Waals surface area contributed by atoms with E-state index in [4.69, 9.17) is 4.74 Å². The molecule has 6 nitrogen and oxygen atoms in total. The lowest BCUT2D eigenvalue weighted by atomic mass is 10.2. The van der Waals surface area contributed by atoms with Gasteiger partial charge in [0.25, 0.3) is 5.91 Å². The van der Waals surface area contributed by atoms with Gasteiger partial charge in [0.1, 0.15) is 17.0 Å². The van der Waals surface area contributed by atoms with Crippen LogP contribution in [0.3, 0.4) is 0 Å². The van der Waals surface area contributed by atoms with Gasteiger partial charge in [-0.1, -0.05) is 0 Å². The van der Waals surface area contributed by atoms with Gasteiger partial charge in [0.2, 0.25) is 0 Å². The van der Waals surface area contributed by atoms with E-state index in [9.17, 15) is 4.79 Å². The highest BCUT2D eigenvalue weighted by atomic mass is 32.2. The summed E-state index contributed by atoms with van der Waals surface area (Å²) in [5.41, 5.74) is 0.944. The number of thiophene rings is 1. The minimum Gasteiger partial charge on any atom is -0.379 e. The third kappa shape index (κ3) is 3.81. The van der Waals surface area contributed by atoms with Gasteiger partial charge < -0.3 is 15.4 Å². The summed E-state index contributed by atoms with van der Waals surface area (Å²) in [6, 6.07) is 0.270. The topological polar surface area (TPSA) is 76.1 Å². The van der Waals surface area contributed by atoms with E-state index in [0.717, 1.165) is 51.7 Å². The molecule has 1 saturated heterocycles. The van der Waals surface area contributed by atoms with Crippen LogP contribution in [0.15, 0.2) is 6.33 Å². The van der Waals surface area contributed by atoms with E-state index in [-0.39, 0.29) is 11.9 Å². The molecule has 0 saturated carbocycles.